The van der Waals surface area contributed by atoms with Gasteiger partial charge in [-0.25, -0.2) is 4.52 Å². The summed E-state index contributed by atoms with van der Waals surface area (Å²) in [6, 6.07) is 3.58. The molecule has 2 atom stereocenters. The Morgan fingerprint density at radius 3 is 2.80 bits per heavy atom. The summed E-state index contributed by atoms with van der Waals surface area (Å²) < 4.78 is 29.9. The summed E-state index contributed by atoms with van der Waals surface area (Å²) in [4.78, 5) is 11.8. The number of carbonyl (C=O) groups is 1. The van der Waals surface area contributed by atoms with Gasteiger partial charge in [0.1, 0.15) is 0 Å². The van der Waals surface area contributed by atoms with Crippen LogP contribution in [0.15, 0.2) is 24.5 Å². The summed E-state index contributed by atoms with van der Waals surface area (Å²) in [5, 5.41) is 7.56. The van der Waals surface area contributed by atoms with Crippen molar-refractivity contribution >= 4 is 27.2 Å². The number of primary amides is 1. The Morgan fingerprint density at radius 1 is 1.44 bits per heavy atom. The van der Waals surface area contributed by atoms with Gasteiger partial charge in [0.2, 0.25) is 0 Å². The molecule has 1 saturated carbocycles. The molecule has 3 N–H and O–H groups in total. The number of nitrogens with one attached hydrogen (secondary N) is 1. The molecule has 1 fully saturated rings. The fourth-order valence-corrected chi connectivity index (χ4v) is 4.20. The largest absolute Gasteiger partial charge is 0.379 e. The standard InChI is InChI=1S/C16H22N4O4S/c1-16(2)12(6-7-13(16)24-25(3,22)23)19-14-10(15(17)21)9-18-20-8-4-5-11(14)20/h4-5,8-9,12-13,19H,6-7H2,1-3H3,(H2,17,21). The van der Waals surface area contributed by atoms with E-state index in [1.54, 1.807) is 10.7 Å². The number of nitrogens with zero attached hydrogens (tertiary/aromatic N) is 2. The summed E-state index contributed by atoms with van der Waals surface area (Å²) in [6.07, 6.45) is 5.15. The van der Waals surface area contributed by atoms with Crippen molar-refractivity contribution in [2.45, 2.75) is 38.8 Å². The quantitative estimate of drug-likeness (QED) is 0.772. The molecule has 1 aliphatic carbocycles. The van der Waals surface area contributed by atoms with Crippen molar-refractivity contribution < 1.29 is 17.4 Å². The van der Waals surface area contributed by atoms with Crippen molar-refractivity contribution in [2.75, 3.05) is 11.6 Å². The Hall–Kier alpha value is -2.13. The number of rotatable bonds is 5. The minimum absolute atomic E-state index is 0.0848. The first-order chi connectivity index (χ1) is 11.6. The Bertz CT molecular complexity index is 919. The van der Waals surface area contributed by atoms with Gasteiger partial charge in [-0.15, -0.1) is 0 Å². The summed E-state index contributed by atoms with van der Waals surface area (Å²) in [6.45, 7) is 3.90. The molecule has 2 aromatic heterocycles. The number of carbonyl (C=O) groups excluding carboxylic acids is 1. The zero-order valence-corrected chi connectivity index (χ0v) is 15.2. The zero-order valence-electron chi connectivity index (χ0n) is 14.4. The Labute approximate surface area is 146 Å². The summed E-state index contributed by atoms with van der Waals surface area (Å²) in [7, 11) is -3.54. The van der Waals surface area contributed by atoms with Crippen molar-refractivity contribution in [1.29, 1.82) is 0 Å². The summed E-state index contributed by atoms with van der Waals surface area (Å²) in [5.41, 5.74) is 6.68. The predicted molar refractivity (Wildman–Crippen MR) is 93.9 cm³/mol. The minimum Gasteiger partial charge on any atom is -0.379 e. The number of fused-ring (bicyclic) bond motifs is 1. The number of amides is 1. The van der Waals surface area contributed by atoms with Gasteiger partial charge in [0, 0.05) is 17.7 Å². The highest BCUT2D eigenvalue weighted by atomic mass is 32.2. The van der Waals surface area contributed by atoms with E-state index in [9.17, 15) is 13.2 Å². The molecular formula is C16H22N4O4S. The van der Waals surface area contributed by atoms with E-state index in [4.69, 9.17) is 9.92 Å². The molecule has 0 radical (unpaired) electrons. The van der Waals surface area contributed by atoms with Crippen molar-refractivity contribution in [3.63, 3.8) is 0 Å². The molecule has 0 aliphatic heterocycles. The second-order valence-electron chi connectivity index (χ2n) is 7.02. The molecule has 0 saturated heterocycles. The predicted octanol–water partition coefficient (Wildman–Crippen LogP) is 1.38. The van der Waals surface area contributed by atoms with Crippen LogP contribution in [0, 0.1) is 5.41 Å². The van der Waals surface area contributed by atoms with Crippen LogP contribution in [0.3, 0.4) is 0 Å². The average Bonchev–Trinajstić information content (AvgIpc) is 3.05. The monoisotopic (exact) mass is 366 g/mol. The van der Waals surface area contributed by atoms with Crippen LogP contribution in [0.25, 0.3) is 5.52 Å². The highest BCUT2D eigenvalue weighted by Gasteiger charge is 2.46. The van der Waals surface area contributed by atoms with Crippen LogP contribution in [-0.2, 0) is 14.3 Å². The maximum absolute atomic E-state index is 11.8. The number of hydrogen-bond donors (Lipinski definition) is 2. The van der Waals surface area contributed by atoms with Crippen LogP contribution in [0.1, 0.15) is 37.0 Å². The molecule has 1 amide bonds. The Balaban J connectivity index is 1.95. The highest BCUT2D eigenvalue weighted by Crippen LogP contribution is 2.42. The molecule has 25 heavy (non-hydrogen) atoms. The van der Waals surface area contributed by atoms with Gasteiger partial charge >= 0.3 is 0 Å². The van der Waals surface area contributed by atoms with E-state index in [-0.39, 0.29) is 6.04 Å². The minimum atomic E-state index is -3.54. The average molecular weight is 366 g/mol. The molecule has 8 nitrogen and oxygen atoms in total. The molecule has 136 valence electrons. The SMILES string of the molecule is CC1(C)C(Nc2c(C(N)=O)cnn3cccc23)CCC1OS(C)(=O)=O. The van der Waals surface area contributed by atoms with Crippen molar-refractivity contribution in [3.05, 3.63) is 30.1 Å². The lowest BCUT2D eigenvalue weighted by molar-refractivity contribution is 0.1000. The summed E-state index contributed by atoms with van der Waals surface area (Å²) in [5.74, 6) is -0.571. The third kappa shape index (κ3) is 3.34. The van der Waals surface area contributed by atoms with Crippen LogP contribution in [-0.4, -0.2) is 42.3 Å². The van der Waals surface area contributed by atoms with Gasteiger partial charge in [0.25, 0.3) is 16.0 Å². The fourth-order valence-electron chi connectivity index (χ4n) is 3.43. The molecule has 0 aromatic carbocycles. The molecule has 0 spiro atoms. The maximum Gasteiger partial charge on any atom is 0.264 e. The number of anilines is 1. The second-order valence-corrected chi connectivity index (χ2v) is 8.62. The second kappa shape index (κ2) is 5.99. The lowest BCUT2D eigenvalue weighted by Gasteiger charge is -2.33. The topological polar surface area (TPSA) is 116 Å². The molecule has 1 aliphatic rings. The van der Waals surface area contributed by atoms with E-state index in [1.807, 2.05) is 26.0 Å². The van der Waals surface area contributed by atoms with Gasteiger partial charge in [-0.2, -0.15) is 13.5 Å². The fraction of sp³-hybridized carbons (Fsp3) is 0.500. The van der Waals surface area contributed by atoms with Gasteiger partial charge < -0.3 is 11.1 Å². The molecule has 9 heteroatoms. The van der Waals surface area contributed by atoms with Crippen molar-refractivity contribution in [1.82, 2.24) is 9.61 Å². The lowest BCUT2D eigenvalue weighted by Crippen LogP contribution is -2.40. The van der Waals surface area contributed by atoms with Gasteiger partial charge in [0.05, 0.1) is 35.3 Å². The number of nitrogens with two attached hydrogens (primary N) is 1. The van der Waals surface area contributed by atoms with E-state index in [2.05, 4.69) is 10.4 Å². The van der Waals surface area contributed by atoms with Crippen LogP contribution >= 0.6 is 0 Å². The van der Waals surface area contributed by atoms with E-state index in [0.717, 1.165) is 11.8 Å². The Kier molecular flexibility index (Phi) is 4.24. The first-order valence-corrected chi connectivity index (χ1v) is 9.82. The maximum atomic E-state index is 11.8. The lowest BCUT2D eigenvalue weighted by atomic mass is 9.85. The zero-order chi connectivity index (χ0) is 18.4. The first kappa shape index (κ1) is 17.7. The van der Waals surface area contributed by atoms with E-state index >= 15 is 0 Å². The number of hydrogen-bond acceptors (Lipinski definition) is 6. The van der Waals surface area contributed by atoms with Gasteiger partial charge in [-0.05, 0) is 25.0 Å². The Morgan fingerprint density at radius 2 is 2.16 bits per heavy atom. The smallest absolute Gasteiger partial charge is 0.264 e. The molecule has 3 rings (SSSR count). The van der Waals surface area contributed by atoms with Crippen LogP contribution < -0.4 is 11.1 Å². The van der Waals surface area contributed by atoms with E-state index in [1.165, 1.54) is 6.20 Å². The molecule has 2 heterocycles. The van der Waals surface area contributed by atoms with Crippen molar-refractivity contribution in [3.8, 4) is 0 Å². The number of aromatic nitrogens is 2. The molecule has 2 aromatic rings. The first-order valence-electron chi connectivity index (χ1n) is 8.00. The van der Waals surface area contributed by atoms with E-state index in [0.29, 0.717) is 24.1 Å². The summed E-state index contributed by atoms with van der Waals surface area (Å²) >= 11 is 0. The highest BCUT2D eigenvalue weighted by molar-refractivity contribution is 7.86. The third-order valence-corrected chi connectivity index (χ3v) is 5.47. The van der Waals surface area contributed by atoms with Crippen molar-refractivity contribution in [2.24, 2.45) is 11.1 Å². The van der Waals surface area contributed by atoms with Crippen LogP contribution in [0.5, 0.6) is 0 Å². The molecule has 2 unspecified atom stereocenters. The van der Waals surface area contributed by atoms with Gasteiger partial charge in [0.15, 0.2) is 0 Å². The molecular weight excluding hydrogens is 344 g/mol. The third-order valence-electron chi connectivity index (χ3n) is 4.89. The van der Waals surface area contributed by atoms with Gasteiger partial charge in [-0.3, -0.25) is 8.98 Å². The van der Waals surface area contributed by atoms with Crippen LogP contribution in [0.2, 0.25) is 0 Å². The van der Waals surface area contributed by atoms with E-state index < -0.39 is 27.5 Å². The van der Waals surface area contributed by atoms with Crippen LogP contribution in [0.4, 0.5) is 5.69 Å². The molecule has 0 bridgehead atoms. The normalized spacial score (nSPS) is 23.0. The van der Waals surface area contributed by atoms with Gasteiger partial charge in [-0.1, -0.05) is 13.8 Å².